The Hall–Kier alpha value is -1.59. The molecule has 1 aliphatic rings. The number of rotatable bonds is 3. The number of ether oxygens (including phenoxy) is 1. The summed E-state index contributed by atoms with van der Waals surface area (Å²) in [6.45, 7) is 8.42. The first kappa shape index (κ1) is 16.8. The molecule has 22 heavy (non-hydrogen) atoms. The average molecular weight is 306 g/mol. The third kappa shape index (κ3) is 4.45. The molecule has 0 saturated carbocycles. The first-order valence-electron chi connectivity index (χ1n) is 7.78. The number of carbonyl (C=O) groups excluding carboxylic acids is 1. The van der Waals surface area contributed by atoms with Gasteiger partial charge in [-0.05, 0) is 26.3 Å². The Kier molecular flexibility index (Phi) is 5.42. The molecule has 1 saturated heterocycles. The summed E-state index contributed by atoms with van der Waals surface area (Å²) in [5, 5.41) is 9.71. The number of hydrogen-bond donors (Lipinski definition) is 1. The minimum atomic E-state index is -0.466. The van der Waals surface area contributed by atoms with Crippen molar-refractivity contribution in [2.45, 2.75) is 32.4 Å². The maximum atomic E-state index is 12.1. The zero-order valence-electron chi connectivity index (χ0n) is 13.7. The number of nitrogens with zero attached hydrogens (tertiary/aromatic N) is 2. The highest BCUT2D eigenvalue weighted by molar-refractivity contribution is 5.68. The Balaban J connectivity index is 1.92. The minimum absolute atomic E-state index is 0.0120. The van der Waals surface area contributed by atoms with Crippen LogP contribution in [-0.4, -0.2) is 59.4 Å². The lowest BCUT2D eigenvalue weighted by molar-refractivity contribution is 0.00658. The molecule has 0 bridgehead atoms. The Bertz CT molecular complexity index is 476. The summed E-state index contributed by atoms with van der Waals surface area (Å²) in [7, 11) is 0. The Morgan fingerprint density at radius 1 is 1.18 bits per heavy atom. The molecule has 1 aromatic carbocycles. The smallest absolute Gasteiger partial charge is 0.410 e. The molecule has 1 amide bonds. The van der Waals surface area contributed by atoms with E-state index in [1.807, 2.05) is 51.1 Å². The van der Waals surface area contributed by atoms with Crippen LogP contribution in [0.1, 0.15) is 32.4 Å². The second-order valence-corrected chi connectivity index (χ2v) is 6.61. The highest BCUT2D eigenvalue weighted by Gasteiger charge is 2.29. The van der Waals surface area contributed by atoms with Gasteiger partial charge in [0.05, 0.1) is 12.6 Å². The third-order valence-corrected chi connectivity index (χ3v) is 3.76. The molecule has 0 aromatic heterocycles. The Morgan fingerprint density at radius 2 is 1.77 bits per heavy atom. The largest absolute Gasteiger partial charge is 0.444 e. The SMILES string of the molecule is CC(C)(C)OC(=O)N1CCN([C@@H](CO)c2ccccc2)CC1. The number of aliphatic hydroxyl groups is 1. The van der Waals surface area contributed by atoms with Gasteiger partial charge in [-0.3, -0.25) is 4.90 Å². The summed E-state index contributed by atoms with van der Waals surface area (Å²) >= 11 is 0. The van der Waals surface area contributed by atoms with Gasteiger partial charge in [0.2, 0.25) is 0 Å². The molecule has 0 unspecified atom stereocenters. The minimum Gasteiger partial charge on any atom is -0.444 e. The molecule has 122 valence electrons. The molecule has 5 nitrogen and oxygen atoms in total. The van der Waals surface area contributed by atoms with Crippen LogP contribution in [0.3, 0.4) is 0 Å². The predicted octanol–water partition coefficient (Wildman–Crippen LogP) is 2.27. The van der Waals surface area contributed by atoms with E-state index in [0.29, 0.717) is 13.1 Å². The van der Waals surface area contributed by atoms with E-state index in [4.69, 9.17) is 4.74 Å². The number of aliphatic hydroxyl groups excluding tert-OH is 1. The van der Waals surface area contributed by atoms with Crippen molar-refractivity contribution >= 4 is 6.09 Å². The van der Waals surface area contributed by atoms with E-state index in [1.54, 1.807) is 4.90 Å². The average Bonchev–Trinajstić information content (AvgIpc) is 2.48. The van der Waals surface area contributed by atoms with Crippen molar-refractivity contribution < 1.29 is 14.6 Å². The zero-order chi connectivity index (χ0) is 16.2. The second kappa shape index (κ2) is 7.11. The third-order valence-electron chi connectivity index (χ3n) is 3.76. The number of carbonyl (C=O) groups is 1. The predicted molar refractivity (Wildman–Crippen MR) is 85.6 cm³/mol. The number of benzene rings is 1. The molecule has 0 spiro atoms. The lowest BCUT2D eigenvalue weighted by atomic mass is 10.1. The van der Waals surface area contributed by atoms with Crippen LogP contribution in [0.15, 0.2) is 30.3 Å². The van der Waals surface area contributed by atoms with Crippen LogP contribution < -0.4 is 0 Å². The van der Waals surface area contributed by atoms with Crippen LogP contribution >= 0.6 is 0 Å². The summed E-state index contributed by atoms with van der Waals surface area (Å²) in [6, 6.07) is 9.98. The van der Waals surface area contributed by atoms with Gasteiger partial charge in [0, 0.05) is 26.2 Å². The quantitative estimate of drug-likeness (QED) is 0.931. The van der Waals surface area contributed by atoms with Gasteiger partial charge in [0.25, 0.3) is 0 Å². The fourth-order valence-electron chi connectivity index (χ4n) is 2.65. The Morgan fingerprint density at radius 3 is 2.27 bits per heavy atom. The monoisotopic (exact) mass is 306 g/mol. The van der Waals surface area contributed by atoms with E-state index in [0.717, 1.165) is 18.7 Å². The van der Waals surface area contributed by atoms with E-state index in [9.17, 15) is 9.90 Å². The molecule has 5 heteroatoms. The van der Waals surface area contributed by atoms with Crippen LogP contribution in [0.25, 0.3) is 0 Å². The topological polar surface area (TPSA) is 53.0 Å². The second-order valence-electron chi connectivity index (χ2n) is 6.61. The molecular weight excluding hydrogens is 280 g/mol. The van der Waals surface area contributed by atoms with Gasteiger partial charge >= 0.3 is 6.09 Å². The molecule has 0 radical (unpaired) electrons. The molecule has 0 aliphatic carbocycles. The van der Waals surface area contributed by atoms with Crippen molar-refractivity contribution in [3.05, 3.63) is 35.9 Å². The molecular formula is C17H26N2O3. The van der Waals surface area contributed by atoms with Crippen molar-refractivity contribution in [3.8, 4) is 0 Å². The number of piperazine rings is 1. The van der Waals surface area contributed by atoms with E-state index in [2.05, 4.69) is 4.90 Å². The van der Waals surface area contributed by atoms with Crippen molar-refractivity contribution in [1.29, 1.82) is 0 Å². The van der Waals surface area contributed by atoms with Crippen LogP contribution in [0.4, 0.5) is 4.79 Å². The Labute approximate surface area is 132 Å². The summed E-state index contributed by atoms with van der Waals surface area (Å²) in [4.78, 5) is 16.0. The van der Waals surface area contributed by atoms with Crippen molar-refractivity contribution in [1.82, 2.24) is 9.80 Å². The number of hydrogen-bond acceptors (Lipinski definition) is 4. The molecule has 1 N–H and O–H groups in total. The van der Waals surface area contributed by atoms with E-state index >= 15 is 0 Å². The maximum absolute atomic E-state index is 12.1. The van der Waals surface area contributed by atoms with Crippen LogP contribution in [-0.2, 0) is 4.74 Å². The molecule has 1 fully saturated rings. The van der Waals surface area contributed by atoms with Gasteiger partial charge < -0.3 is 14.7 Å². The fourth-order valence-corrected chi connectivity index (χ4v) is 2.65. The van der Waals surface area contributed by atoms with Gasteiger partial charge in [0.1, 0.15) is 5.60 Å². The first-order chi connectivity index (χ1) is 10.4. The van der Waals surface area contributed by atoms with Crippen molar-refractivity contribution in [3.63, 3.8) is 0 Å². The van der Waals surface area contributed by atoms with Crippen molar-refractivity contribution in [2.75, 3.05) is 32.8 Å². The lowest BCUT2D eigenvalue weighted by Crippen LogP contribution is -2.51. The van der Waals surface area contributed by atoms with E-state index < -0.39 is 5.60 Å². The lowest BCUT2D eigenvalue weighted by Gasteiger charge is -2.39. The van der Waals surface area contributed by atoms with Crippen LogP contribution in [0.5, 0.6) is 0 Å². The standard InChI is InChI=1S/C17H26N2O3/c1-17(2,3)22-16(21)19-11-9-18(10-12-19)15(13-20)14-7-5-4-6-8-14/h4-8,15,20H,9-13H2,1-3H3/t15-/m0/s1. The summed E-state index contributed by atoms with van der Waals surface area (Å²) in [6.07, 6.45) is -0.257. The van der Waals surface area contributed by atoms with Gasteiger partial charge in [-0.25, -0.2) is 4.79 Å². The molecule has 1 heterocycles. The number of amides is 1. The van der Waals surface area contributed by atoms with Gasteiger partial charge in [-0.2, -0.15) is 0 Å². The van der Waals surface area contributed by atoms with Crippen LogP contribution in [0, 0.1) is 0 Å². The summed E-state index contributed by atoms with van der Waals surface area (Å²) in [5.41, 5.74) is 0.641. The molecule has 1 aliphatic heterocycles. The zero-order valence-corrected chi connectivity index (χ0v) is 13.7. The van der Waals surface area contributed by atoms with Crippen LogP contribution in [0.2, 0.25) is 0 Å². The van der Waals surface area contributed by atoms with Gasteiger partial charge in [0.15, 0.2) is 0 Å². The summed E-state index contributed by atoms with van der Waals surface area (Å²) < 4.78 is 5.40. The van der Waals surface area contributed by atoms with Gasteiger partial charge in [-0.1, -0.05) is 30.3 Å². The summed E-state index contributed by atoms with van der Waals surface area (Å²) in [5.74, 6) is 0. The molecule has 2 rings (SSSR count). The first-order valence-corrected chi connectivity index (χ1v) is 7.78. The highest BCUT2D eigenvalue weighted by atomic mass is 16.6. The molecule has 1 aromatic rings. The highest BCUT2D eigenvalue weighted by Crippen LogP contribution is 2.22. The van der Waals surface area contributed by atoms with E-state index in [1.165, 1.54) is 0 Å². The molecule has 1 atom stereocenters. The van der Waals surface area contributed by atoms with E-state index in [-0.39, 0.29) is 18.7 Å². The normalized spacial score (nSPS) is 18.1. The van der Waals surface area contributed by atoms with Crippen molar-refractivity contribution in [2.24, 2.45) is 0 Å². The maximum Gasteiger partial charge on any atom is 0.410 e. The van der Waals surface area contributed by atoms with Gasteiger partial charge in [-0.15, -0.1) is 0 Å². The fraction of sp³-hybridized carbons (Fsp3) is 0.588.